The summed E-state index contributed by atoms with van der Waals surface area (Å²) < 4.78 is 16.3. The van der Waals surface area contributed by atoms with Crippen LogP contribution in [0.15, 0.2) is 22.7 Å². The van der Waals surface area contributed by atoms with Gasteiger partial charge in [0.2, 0.25) is 0 Å². The van der Waals surface area contributed by atoms with Gasteiger partial charge in [0.1, 0.15) is 17.3 Å². The fourth-order valence-electron chi connectivity index (χ4n) is 3.40. The molecule has 0 bridgehead atoms. The Hall–Kier alpha value is -2.01. The van der Waals surface area contributed by atoms with Gasteiger partial charge in [0, 0.05) is 23.7 Å². The highest BCUT2D eigenvalue weighted by molar-refractivity contribution is 5.42. The van der Waals surface area contributed by atoms with E-state index in [2.05, 4.69) is 16.1 Å². The van der Waals surface area contributed by atoms with Crippen molar-refractivity contribution >= 4 is 0 Å². The lowest BCUT2D eigenvalue weighted by molar-refractivity contribution is 0.240. The molecule has 0 N–H and O–H groups in total. The molecule has 0 unspecified atom stereocenters. The lowest BCUT2D eigenvalue weighted by Crippen LogP contribution is -2.23. The van der Waals surface area contributed by atoms with Crippen LogP contribution in [0.25, 0.3) is 0 Å². The Balaban J connectivity index is 1.90. The van der Waals surface area contributed by atoms with E-state index in [1.54, 1.807) is 14.2 Å². The molecule has 2 aromatic rings. The number of rotatable bonds is 5. The molecule has 1 atom stereocenters. The Bertz CT molecular complexity index is 661. The Morgan fingerprint density at radius 1 is 1.26 bits per heavy atom. The number of aromatic nitrogens is 1. The Morgan fingerprint density at radius 3 is 2.74 bits per heavy atom. The van der Waals surface area contributed by atoms with Gasteiger partial charge in [-0.3, -0.25) is 4.90 Å². The van der Waals surface area contributed by atoms with Gasteiger partial charge in [-0.2, -0.15) is 0 Å². The highest BCUT2D eigenvalue weighted by atomic mass is 16.5. The molecular weight excluding hydrogens is 292 g/mol. The van der Waals surface area contributed by atoms with Crippen molar-refractivity contribution in [1.29, 1.82) is 0 Å². The maximum atomic E-state index is 5.58. The van der Waals surface area contributed by atoms with Crippen LogP contribution in [0.3, 0.4) is 0 Å². The van der Waals surface area contributed by atoms with E-state index < -0.39 is 0 Å². The minimum atomic E-state index is 0.328. The first-order chi connectivity index (χ1) is 11.1. The van der Waals surface area contributed by atoms with Gasteiger partial charge in [-0.1, -0.05) is 5.16 Å². The fourth-order valence-corrected chi connectivity index (χ4v) is 3.40. The van der Waals surface area contributed by atoms with Gasteiger partial charge in [-0.25, -0.2) is 0 Å². The van der Waals surface area contributed by atoms with Crippen LogP contribution in [0, 0.1) is 13.8 Å². The predicted octanol–water partition coefficient (Wildman–Crippen LogP) is 3.65. The zero-order chi connectivity index (χ0) is 16.4. The van der Waals surface area contributed by atoms with Crippen LogP contribution in [0.4, 0.5) is 0 Å². The lowest BCUT2D eigenvalue weighted by Gasteiger charge is -2.26. The average molecular weight is 316 g/mol. The third-order valence-electron chi connectivity index (χ3n) is 4.70. The van der Waals surface area contributed by atoms with E-state index in [4.69, 9.17) is 14.0 Å². The molecule has 1 fully saturated rings. The summed E-state index contributed by atoms with van der Waals surface area (Å²) in [6.07, 6.45) is 2.29. The molecule has 0 aliphatic carbocycles. The van der Waals surface area contributed by atoms with Crippen molar-refractivity contribution in [2.45, 2.75) is 39.3 Å². The van der Waals surface area contributed by atoms with Gasteiger partial charge in [-0.15, -0.1) is 0 Å². The van der Waals surface area contributed by atoms with Crippen molar-refractivity contribution in [3.8, 4) is 11.5 Å². The van der Waals surface area contributed by atoms with Crippen molar-refractivity contribution in [2.24, 2.45) is 0 Å². The molecule has 2 heterocycles. The number of methoxy groups -OCH3 is 2. The molecule has 0 amide bonds. The van der Waals surface area contributed by atoms with Crippen LogP contribution in [-0.4, -0.2) is 30.8 Å². The highest BCUT2D eigenvalue weighted by Gasteiger charge is 2.30. The molecule has 1 aromatic carbocycles. The zero-order valence-corrected chi connectivity index (χ0v) is 14.3. The number of hydrogen-bond acceptors (Lipinski definition) is 5. The SMILES string of the molecule is COc1ccc(OC)c([C@@H]2CCCN2Cc2c(C)noc2C)c1. The monoisotopic (exact) mass is 316 g/mol. The van der Waals surface area contributed by atoms with Crippen molar-refractivity contribution in [3.63, 3.8) is 0 Å². The Morgan fingerprint density at radius 2 is 2.09 bits per heavy atom. The van der Waals surface area contributed by atoms with E-state index in [-0.39, 0.29) is 0 Å². The molecule has 5 heteroatoms. The second-order valence-corrected chi connectivity index (χ2v) is 6.04. The number of nitrogens with zero attached hydrogens (tertiary/aromatic N) is 2. The molecule has 1 saturated heterocycles. The van der Waals surface area contributed by atoms with Gasteiger partial charge in [-0.05, 0) is 51.4 Å². The maximum Gasteiger partial charge on any atom is 0.138 e. The van der Waals surface area contributed by atoms with E-state index in [1.165, 1.54) is 17.5 Å². The first-order valence-electron chi connectivity index (χ1n) is 8.01. The lowest BCUT2D eigenvalue weighted by atomic mass is 10.0. The summed E-state index contributed by atoms with van der Waals surface area (Å²) in [6, 6.07) is 6.35. The summed E-state index contributed by atoms with van der Waals surface area (Å²) in [7, 11) is 3.42. The molecule has 23 heavy (non-hydrogen) atoms. The summed E-state index contributed by atoms with van der Waals surface area (Å²) in [4.78, 5) is 2.48. The molecule has 5 nitrogen and oxygen atoms in total. The molecule has 0 spiro atoms. The fraction of sp³-hybridized carbons (Fsp3) is 0.500. The summed E-state index contributed by atoms with van der Waals surface area (Å²) in [5, 5.41) is 4.07. The van der Waals surface area contributed by atoms with Gasteiger partial charge in [0.05, 0.1) is 19.9 Å². The first-order valence-corrected chi connectivity index (χ1v) is 8.01. The minimum Gasteiger partial charge on any atom is -0.497 e. The van der Waals surface area contributed by atoms with Gasteiger partial charge < -0.3 is 14.0 Å². The average Bonchev–Trinajstić information content (AvgIpc) is 3.16. The summed E-state index contributed by atoms with van der Waals surface area (Å²) in [5.41, 5.74) is 3.36. The van der Waals surface area contributed by atoms with E-state index in [0.29, 0.717) is 6.04 Å². The largest absolute Gasteiger partial charge is 0.497 e. The zero-order valence-electron chi connectivity index (χ0n) is 14.3. The smallest absolute Gasteiger partial charge is 0.138 e. The third kappa shape index (κ3) is 3.06. The van der Waals surface area contributed by atoms with E-state index in [0.717, 1.165) is 42.5 Å². The molecule has 124 valence electrons. The summed E-state index contributed by atoms with van der Waals surface area (Å²) in [5.74, 6) is 2.69. The standard InChI is InChI=1S/C18H24N2O3/c1-12-16(13(2)23-19-12)11-20-9-5-6-17(20)15-10-14(21-3)7-8-18(15)22-4/h7-8,10,17H,5-6,9,11H2,1-4H3/t17-/m0/s1. The minimum absolute atomic E-state index is 0.328. The predicted molar refractivity (Wildman–Crippen MR) is 87.9 cm³/mol. The molecule has 1 aliphatic heterocycles. The molecular formula is C18H24N2O3. The maximum absolute atomic E-state index is 5.58. The number of hydrogen-bond donors (Lipinski definition) is 0. The molecule has 1 aromatic heterocycles. The van der Waals surface area contributed by atoms with Crippen LogP contribution in [0.1, 0.15) is 41.5 Å². The second-order valence-electron chi connectivity index (χ2n) is 6.04. The quantitative estimate of drug-likeness (QED) is 0.842. The summed E-state index contributed by atoms with van der Waals surface area (Å²) >= 11 is 0. The van der Waals surface area contributed by atoms with Gasteiger partial charge in [0.15, 0.2) is 0 Å². The van der Waals surface area contributed by atoms with E-state index >= 15 is 0 Å². The Kier molecular flexibility index (Phi) is 4.57. The van der Waals surface area contributed by atoms with Gasteiger partial charge >= 0.3 is 0 Å². The van der Waals surface area contributed by atoms with Crippen LogP contribution in [-0.2, 0) is 6.54 Å². The van der Waals surface area contributed by atoms with Crippen LogP contribution in [0.2, 0.25) is 0 Å². The number of ether oxygens (including phenoxy) is 2. The van der Waals surface area contributed by atoms with Crippen molar-refractivity contribution in [1.82, 2.24) is 10.1 Å². The van der Waals surface area contributed by atoms with Gasteiger partial charge in [0.25, 0.3) is 0 Å². The van der Waals surface area contributed by atoms with Crippen LogP contribution in [0.5, 0.6) is 11.5 Å². The Labute approximate surface area is 137 Å². The van der Waals surface area contributed by atoms with Crippen molar-refractivity contribution < 1.29 is 14.0 Å². The van der Waals surface area contributed by atoms with Crippen molar-refractivity contribution in [2.75, 3.05) is 20.8 Å². The first kappa shape index (κ1) is 15.9. The van der Waals surface area contributed by atoms with E-state index in [1.807, 2.05) is 26.0 Å². The van der Waals surface area contributed by atoms with Crippen LogP contribution >= 0.6 is 0 Å². The topological polar surface area (TPSA) is 47.7 Å². The second kappa shape index (κ2) is 6.62. The molecule has 0 radical (unpaired) electrons. The van der Waals surface area contributed by atoms with E-state index in [9.17, 15) is 0 Å². The van der Waals surface area contributed by atoms with Crippen LogP contribution < -0.4 is 9.47 Å². The number of aryl methyl sites for hydroxylation is 2. The molecule has 1 aliphatic rings. The summed E-state index contributed by atoms with van der Waals surface area (Å²) in [6.45, 7) is 5.90. The third-order valence-corrected chi connectivity index (χ3v) is 4.70. The number of benzene rings is 1. The molecule has 0 saturated carbocycles. The normalized spacial score (nSPS) is 18.3. The molecule has 3 rings (SSSR count). The van der Waals surface area contributed by atoms with Crippen molar-refractivity contribution in [3.05, 3.63) is 40.8 Å². The number of likely N-dealkylation sites (tertiary alicyclic amines) is 1. The highest BCUT2D eigenvalue weighted by Crippen LogP contribution is 2.39.